The van der Waals surface area contributed by atoms with Crippen LogP contribution in [-0.4, -0.2) is 35.1 Å². The molecule has 0 aromatic carbocycles. The van der Waals surface area contributed by atoms with Crippen molar-refractivity contribution in [1.82, 2.24) is 10.6 Å². The largest absolute Gasteiger partial charge is 0.480 e. The predicted molar refractivity (Wildman–Crippen MR) is 61.3 cm³/mol. The summed E-state index contributed by atoms with van der Waals surface area (Å²) in [5.74, 6) is -2.07. The van der Waals surface area contributed by atoms with Gasteiger partial charge < -0.3 is 21.5 Å². The Labute approximate surface area is 99.7 Å². The summed E-state index contributed by atoms with van der Waals surface area (Å²) in [6, 6.07) is -1.91. The average molecular weight is 245 g/mol. The molecule has 0 radical (unpaired) electrons. The molecule has 98 valence electrons. The topological polar surface area (TPSA) is 122 Å². The van der Waals surface area contributed by atoms with Gasteiger partial charge in [-0.1, -0.05) is 13.8 Å². The highest BCUT2D eigenvalue weighted by Crippen LogP contribution is 1.97. The van der Waals surface area contributed by atoms with Crippen molar-refractivity contribution in [2.75, 3.05) is 0 Å². The molecular formula is C10H19N3O4. The monoisotopic (exact) mass is 245 g/mol. The molecular weight excluding hydrogens is 226 g/mol. The average Bonchev–Trinajstić information content (AvgIpc) is 2.24. The molecule has 17 heavy (non-hydrogen) atoms. The fourth-order valence-electron chi connectivity index (χ4n) is 1.28. The van der Waals surface area contributed by atoms with Crippen LogP contribution in [0, 0.1) is 0 Å². The summed E-state index contributed by atoms with van der Waals surface area (Å²) in [4.78, 5) is 32.8. The minimum Gasteiger partial charge on any atom is -0.480 e. The minimum atomic E-state index is -1.29. The van der Waals surface area contributed by atoms with Crippen molar-refractivity contribution in [2.45, 2.75) is 45.2 Å². The van der Waals surface area contributed by atoms with E-state index in [4.69, 9.17) is 10.8 Å². The zero-order valence-corrected chi connectivity index (χ0v) is 10.0. The molecule has 0 rings (SSSR count). The number of nitrogens with two attached hydrogens (primary N) is 1. The van der Waals surface area contributed by atoms with Crippen LogP contribution in [0.25, 0.3) is 0 Å². The van der Waals surface area contributed by atoms with Crippen molar-refractivity contribution in [3.8, 4) is 0 Å². The molecule has 0 saturated carbocycles. The van der Waals surface area contributed by atoms with E-state index in [1.807, 2.05) is 13.8 Å². The van der Waals surface area contributed by atoms with Crippen molar-refractivity contribution >= 4 is 17.9 Å². The molecule has 1 unspecified atom stereocenters. The van der Waals surface area contributed by atoms with E-state index in [0.717, 1.165) is 12.8 Å². The first-order chi connectivity index (χ1) is 7.90. The number of carbonyl (C=O) groups is 3. The number of amides is 3. The summed E-state index contributed by atoms with van der Waals surface area (Å²) in [5, 5.41) is 13.6. The summed E-state index contributed by atoms with van der Waals surface area (Å²) in [7, 11) is 0. The second-order valence-electron chi connectivity index (χ2n) is 3.69. The van der Waals surface area contributed by atoms with Crippen molar-refractivity contribution in [3.63, 3.8) is 0 Å². The van der Waals surface area contributed by atoms with E-state index in [-0.39, 0.29) is 6.04 Å². The number of urea groups is 1. The van der Waals surface area contributed by atoms with Gasteiger partial charge in [0.15, 0.2) is 0 Å². The number of hydrogen-bond acceptors (Lipinski definition) is 3. The Balaban J connectivity index is 4.30. The van der Waals surface area contributed by atoms with Crippen LogP contribution in [0.2, 0.25) is 0 Å². The Morgan fingerprint density at radius 3 is 2.06 bits per heavy atom. The molecule has 0 bridgehead atoms. The predicted octanol–water partition coefficient (Wildman–Crippen LogP) is -0.197. The number of aliphatic carboxylic acids is 1. The van der Waals surface area contributed by atoms with Gasteiger partial charge >= 0.3 is 12.0 Å². The molecule has 0 fully saturated rings. The minimum absolute atomic E-state index is 0.0157. The fourth-order valence-corrected chi connectivity index (χ4v) is 1.28. The normalized spacial score (nSPS) is 11.9. The van der Waals surface area contributed by atoms with Crippen LogP contribution >= 0.6 is 0 Å². The molecule has 3 amide bonds. The third-order valence-corrected chi connectivity index (χ3v) is 2.33. The SMILES string of the molecule is CCC(CC)NC(=O)NC(CC(N)=O)C(=O)O. The smallest absolute Gasteiger partial charge is 0.326 e. The Kier molecular flexibility index (Phi) is 6.69. The number of nitrogens with one attached hydrogen (secondary N) is 2. The standard InChI is InChI=1S/C10H19N3O4/c1-3-6(4-2)12-10(17)13-7(9(15)16)5-8(11)14/h6-7H,3-5H2,1-2H3,(H2,11,14)(H,15,16)(H2,12,13,17). The maximum absolute atomic E-state index is 11.4. The molecule has 0 spiro atoms. The Bertz CT molecular complexity index is 289. The van der Waals surface area contributed by atoms with Crippen molar-refractivity contribution in [2.24, 2.45) is 5.73 Å². The quantitative estimate of drug-likeness (QED) is 0.496. The Morgan fingerprint density at radius 1 is 1.18 bits per heavy atom. The number of carboxylic acids is 1. The second kappa shape index (κ2) is 7.48. The van der Waals surface area contributed by atoms with Crippen molar-refractivity contribution in [3.05, 3.63) is 0 Å². The van der Waals surface area contributed by atoms with Crippen molar-refractivity contribution < 1.29 is 19.5 Å². The second-order valence-corrected chi connectivity index (χ2v) is 3.69. The lowest BCUT2D eigenvalue weighted by molar-refractivity contribution is -0.140. The maximum Gasteiger partial charge on any atom is 0.326 e. The molecule has 0 aromatic rings. The van der Waals surface area contributed by atoms with Gasteiger partial charge in [-0.25, -0.2) is 9.59 Å². The van der Waals surface area contributed by atoms with Gasteiger partial charge in [-0.05, 0) is 12.8 Å². The third kappa shape index (κ3) is 6.39. The molecule has 0 aliphatic rings. The zero-order chi connectivity index (χ0) is 13.4. The van der Waals surface area contributed by atoms with Crippen LogP contribution in [0.15, 0.2) is 0 Å². The lowest BCUT2D eigenvalue weighted by Gasteiger charge is -2.18. The van der Waals surface area contributed by atoms with E-state index in [2.05, 4.69) is 10.6 Å². The number of carboxylic acid groups (broad SMARTS) is 1. The van der Waals surface area contributed by atoms with Crippen LogP contribution in [0.1, 0.15) is 33.1 Å². The fraction of sp³-hybridized carbons (Fsp3) is 0.700. The molecule has 0 aliphatic carbocycles. The van der Waals surface area contributed by atoms with E-state index in [1.165, 1.54) is 0 Å². The number of rotatable bonds is 7. The van der Waals surface area contributed by atoms with Crippen LogP contribution in [-0.2, 0) is 9.59 Å². The van der Waals surface area contributed by atoms with E-state index < -0.39 is 30.4 Å². The summed E-state index contributed by atoms with van der Waals surface area (Å²) in [6.45, 7) is 3.82. The number of carbonyl (C=O) groups excluding carboxylic acids is 2. The Hall–Kier alpha value is -1.79. The van der Waals surface area contributed by atoms with E-state index in [0.29, 0.717) is 0 Å². The van der Waals surface area contributed by atoms with E-state index in [9.17, 15) is 14.4 Å². The van der Waals surface area contributed by atoms with Gasteiger partial charge in [-0.3, -0.25) is 4.79 Å². The number of hydrogen-bond donors (Lipinski definition) is 4. The van der Waals surface area contributed by atoms with Gasteiger partial charge in [0.2, 0.25) is 5.91 Å². The van der Waals surface area contributed by atoms with Crippen LogP contribution < -0.4 is 16.4 Å². The highest BCUT2D eigenvalue weighted by molar-refractivity contribution is 5.87. The summed E-state index contributed by atoms with van der Waals surface area (Å²) < 4.78 is 0. The summed E-state index contributed by atoms with van der Waals surface area (Å²) >= 11 is 0. The molecule has 7 heteroatoms. The summed E-state index contributed by atoms with van der Waals surface area (Å²) in [6.07, 6.45) is 1.07. The molecule has 0 aromatic heterocycles. The molecule has 7 nitrogen and oxygen atoms in total. The highest BCUT2D eigenvalue weighted by Gasteiger charge is 2.22. The number of primary amides is 1. The summed E-state index contributed by atoms with van der Waals surface area (Å²) in [5.41, 5.74) is 4.89. The Morgan fingerprint density at radius 2 is 1.71 bits per heavy atom. The molecule has 0 heterocycles. The van der Waals surface area contributed by atoms with Gasteiger partial charge in [-0.2, -0.15) is 0 Å². The van der Waals surface area contributed by atoms with Gasteiger partial charge in [-0.15, -0.1) is 0 Å². The first-order valence-electron chi connectivity index (χ1n) is 5.48. The highest BCUT2D eigenvalue weighted by atomic mass is 16.4. The van der Waals surface area contributed by atoms with Gasteiger partial charge in [0, 0.05) is 6.04 Å². The van der Waals surface area contributed by atoms with E-state index in [1.54, 1.807) is 0 Å². The molecule has 0 saturated heterocycles. The van der Waals surface area contributed by atoms with Crippen molar-refractivity contribution in [1.29, 1.82) is 0 Å². The zero-order valence-electron chi connectivity index (χ0n) is 10.0. The maximum atomic E-state index is 11.4. The van der Waals surface area contributed by atoms with E-state index >= 15 is 0 Å². The molecule has 1 atom stereocenters. The lowest BCUT2D eigenvalue weighted by Crippen LogP contribution is -2.50. The molecule has 0 aliphatic heterocycles. The third-order valence-electron chi connectivity index (χ3n) is 2.33. The lowest BCUT2D eigenvalue weighted by atomic mass is 10.2. The van der Waals surface area contributed by atoms with Crippen LogP contribution in [0.3, 0.4) is 0 Å². The van der Waals surface area contributed by atoms with Crippen LogP contribution in [0.5, 0.6) is 0 Å². The van der Waals surface area contributed by atoms with Gasteiger partial charge in [0.25, 0.3) is 0 Å². The van der Waals surface area contributed by atoms with Crippen LogP contribution in [0.4, 0.5) is 4.79 Å². The first kappa shape index (κ1) is 15.2. The first-order valence-corrected chi connectivity index (χ1v) is 5.48. The van der Waals surface area contributed by atoms with Gasteiger partial charge in [0.05, 0.1) is 6.42 Å². The molecule has 5 N–H and O–H groups in total. The van der Waals surface area contributed by atoms with Gasteiger partial charge in [0.1, 0.15) is 6.04 Å².